The second-order valence-corrected chi connectivity index (χ2v) is 9.50. The second-order valence-electron chi connectivity index (χ2n) is 8.49. The van der Waals surface area contributed by atoms with Crippen molar-refractivity contribution in [1.82, 2.24) is 4.90 Å². The maximum atomic E-state index is 13.6. The van der Waals surface area contributed by atoms with Crippen LogP contribution < -0.4 is 15.0 Å². The largest absolute Gasteiger partial charge is 0.497 e. The summed E-state index contributed by atoms with van der Waals surface area (Å²) in [5.41, 5.74) is 3.91. The van der Waals surface area contributed by atoms with E-state index < -0.39 is 0 Å². The normalized spacial score (nSPS) is 15.4. The van der Waals surface area contributed by atoms with E-state index in [4.69, 9.17) is 9.73 Å². The predicted molar refractivity (Wildman–Crippen MR) is 152 cm³/mol. The Hall–Kier alpha value is -4.04. The van der Waals surface area contributed by atoms with Crippen molar-refractivity contribution in [1.29, 1.82) is 0 Å². The van der Waals surface area contributed by atoms with Crippen molar-refractivity contribution in [2.75, 3.05) is 30.9 Å². The molecule has 0 saturated carbocycles. The molecule has 1 amide bonds. The van der Waals surface area contributed by atoms with Crippen molar-refractivity contribution in [2.45, 2.75) is 20.4 Å². The fraction of sp³-hybridized carbons (Fsp3) is 0.207. The molecule has 0 unspecified atom stereocenters. The fourth-order valence-corrected chi connectivity index (χ4v) is 4.85. The lowest BCUT2D eigenvalue weighted by molar-refractivity contribution is -0.122. The molecule has 1 N–H and O–H groups in total. The van der Waals surface area contributed by atoms with Crippen LogP contribution in [-0.4, -0.2) is 42.5 Å². The fourth-order valence-electron chi connectivity index (χ4n) is 3.84. The standard InChI is InChI=1S/C29H30N4O3S/c1-5-30-25-16-11-22(20(2)34)17-26(25)31-29-33(18-21-9-7-6-8-10-21)28(35)27(37-29)19-32(3)23-12-14-24(36-4)15-13-23/h6-17,19,30H,5,18H2,1-4H3/b27-19-,31-29?. The van der Waals surface area contributed by atoms with Gasteiger partial charge in [-0.15, -0.1) is 0 Å². The third-order valence-electron chi connectivity index (χ3n) is 5.85. The molecule has 0 bridgehead atoms. The van der Waals surface area contributed by atoms with Gasteiger partial charge in [0, 0.05) is 31.0 Å². The number of ether oxygens (including phenoxy) is 1. The number of anilines is 2. The van der Waals surface area contributed by atoms with Crippen LogP contribution in [0.2, 0.25) is 0 Å². The number of thioether (sulfide) groups is 1. The van der Waals surface area contributed by atoms with E-state index in [0.717, 1.165) is 22.7 Å². The Morgan fingerprint density at radius 3 is 2.49 bits per heavy atom. The van der Waals surface area contributed by atoms with Gasteiger partial charge in [0.1, 0.15) is 5.75 Å². The molecule has 7 nitrogen and oxygen atoms in total. The number of aliphatic imine (C=N–C) groups is 1. The van der Waals surface area contributed by atoms with E-state index in [0.29, 0.717) is 34.4 Å². The van der Waals surface area contributed by atoms with Crippen LogP contribution in [0.15, 0.2) is 88.9 Å². The molecule has 1 aliphatic rings. The number of amides is 1. The highest BCUT2D eigenvalue weighted by Gasteiger charge is 2.34. The molecular formula is C29H30N4O3S. The summed E-state index contributed by atoms with van der Waals surface area (Å²) < 4.78 is 5.25. The number of nitrogens with zero attached hydrogens (tertiary/aromatic N) is 3. The first kappa shape index (κ1) is 26.0. The molecule has 0 atom stereocenters. The quantitative estimate of drug-likeness (QED) is 0.276. The third kappa shape index (κ3) is 6.21. The average molecular weight is 515 g/mol. The van der Waals surface area contributed by atoms with Crippen molar-refractivity contribution < 1.29 is 14.3 Å². The number of Topliss-reactive ketones (excluding diaryl/α,β-unsaturated/α-hetero) is 1. The number of hydrogen-bond donors (Lipinski definition) is 1. The van der Waals surface area contributed by atoms with Crippen molar-refractivity contribution in [3.63, 3.8) is 0 Å². The van der Waals surface area contributed by atoms with Crippen LogP contribution in [0.4, 0.5) is 17.1 Å². The van der Waals surface area contributed by atoms with Gasteiger partial charge in [0.05, 0.1) is 29.9 Å². The van der Waals surface area contributed by atoms with E-state index in [1.54, 1.807) is 24.1 Å². The zero-order valence-electron chi connectivity index (χ0n) is 21.4. The van der Waals surface area contributed by atoms with Crippen LogP contribution in [0.25, 0.3) is 0 Å². The zero-order chi connectivity index (χ0) is 26.4. The van der Waals surface area contributed by atoms with Gasteiger partial charge in [0.15, 0.2) is 11.0 Å². The number of benzene rings is 3. The molecule has 37 heavy (non-hydrogen) atoms. The van der Waals surface area contributed by atoms with E-state index in [1.807, 2.05) is 85.7 Å². The number of amidine groups is 1. The molecule has 1 aliphatic heterocycles. The summed E-state index contributed by atoms with van der Waals surface area (Å²) in [5, 5.41) is 3.86. The van der Waals surface area contributed by atoms with E-state index in [2.05, 4.69) is 5.32 Å². The Bertz CT molecular complexity index is 1340. The molecule has 0 aromatic heterocycles. The first-order valence-electron chi connectivity index (χ1n) is 12.0. The number of carbonyl (C=O) groups is 2. The summed E-state index contributed by atoms with van der Waals surface area (Å²) in [6.45, 7) is 4.62. The Morgan fingerprint density at radius 2 is 1.84 bits per heavy atom. The van der Waals surface area contributed by atoms with Gasteiger partial charge in [-0.3, -0.25) is 14.5 Å². The van der Waals surface area contributed by atoms with E-state index in [9.17, 15) is 9.59 Å². The number of carbonyl (C=O) groups excluding carboxylic acids is 2. The second kappa shape index (κ2) is 11.8. The summed E-state index contributed by atoms with van der Waals surface area (Å²) in [5.74, 6) is 0.604. The van der Waals surface area contributed by atoms with Gasteiger partial charge < -0.3 is 15.0 Å². The number of hydrogen-bond acceptors (Lipinski definition) is 7. The molecule has 0 aliphatic carbocycles. The molecule has 1 fully saturated rings. The molecule has 1 saturated heterocycles. The molecule has 8 heteroatoms. The van der Waals surface area contributed by atoms with Crippen molar-refractivity contribution in [2.24, 2.45) is 4.99 Å². The first-order valence-corrected chi connectivity index (χ1v) is 12.8. The van der Waals surface area contributed by atoms with E-state index in [-0.39, 0.29) is 11.7 Å². The lowest BCUT2D eigenvalue weighted by atomic mass is 10.1. The smallest absolute Gasteiger partial charge is 0.268 e. The Balaban J connectivity index is 1.73. The number of nitrogens with one attached hydrogen (secondary N) is 1. The Morgan fingerprint density at radius 1 is 1.11 bits per heavy atom. The topological polar surface area (TPSA) is 74.2 Å². The highest BCUT2D eigenvalue weighted by atomic mass is 32.2. The van der Waals surface area contributed by atoms with Crippen LogP contribution in [0, 0.1) is 0 Å². The van der Waals surface area contributed by atoms with Gasteiger partial charge in [-0.1, -0.05) is 30.3 Å². The van der Waals surface area contributed by atoms with Gasteiger partial charge in [0.25, 0.3) is 5.91 Å². The summed E-state index contributed by atoms with van der Waals surface area (Å²) in [6.07, 6.45) is 1.83. The van der Waals surface area contributed by atoms with Crippen molar-refractivity contribution >= 4 is 45.7 Å². The molecular weight excluding hydrogens is 484 g/mol. The van der Waals surface area contributed by atoms with Crippen LogP contribution in [0.5, 0.6) is 5.75 Å². The van der Waals surface area contributed by atoms with E-state index >= 15 is 0 Å². The van der Waals surface area contributed by atoms with Gasteiger partial charge in [0.2, 0.25) is 0 Å². The lowest BCUT2D eigenvalue weighted by Crippen LogP contribution is -2.28. The van der Waals surface area contributed by atoms with Crippen LogP contribution in [-0.2, 0) is 11.3 Å². The molecule has 0 spiro atoms. The average Bonchev–Trinajstić information content (AvgIpc) is 3.19. The van der Waals surface area contributed by atoms with Gasteiger partial charge in [-0.05, 0) is 73.6 Å². The molecule has 190 valence electrons. The molecule has 4 rings (SSSR count). The SMILES string of the molecule is CCNc1ccc(C(C)=O)cc1N=C1S/C(=C\N(C)c2ccc(OC)cc2)C(=O)N1Cc1ccccc1. The van der Waals surface area contributed by atoms with Crippen LogP contribution in [0.1, 0.15) is 29.8 Å². The monoisotopic (exact) mass is 514 g/mol. The van der Waals surface area contributed by atoms with Gasteiger partial charge in [-0.2, -0.15) is 0 Å². The Kier molecular flexibility index (Phi) is 8.30. The molecule has 0 radical (unpaired) electrons. The van der Waals surface area contributed by atoms with Crippen molar-refractivity contribution in [3.8, 4) is 5.75 Å². The highest BCUT2D eigenvalue weighted by molar-refractivity contribution is 8.18. The number of ketones is 1. The first-order chi connectivity index (χ1) is 17.9. The van der Waals surface area contributed by atoms with Gasteiger partial charge in [-0.25, -0.2) is 4.99 Å². The van der Waals surface area contributed by atoms with Crippen LogP contribution >= 0.6 is 11.8 Å². The zero-order valence-corrected chi connectivity index (χ0v) is 22.2. The van der Waals surface area contributed by atoms with Crippen LogP contribution in [0.3, 0.4) is 0 Å². The minimum absolute atomic E-state index is 0.0394. The molecule has 3 aromatic rings. The minimum atomic E-state index is -0.124. The maximum absolute atomic E-state index is 13.6. The predicted octanol–water partition coefficient (Wildman–Crippen LogP) is 6.07. The third-order valence-corrected chi connectivity index (χ3v) is 6.84. The molecule has 3 aromatic carbocycles. The highest BCUT2D eigenvalue weighted by Crippen LogP contribution is 2.37. The minimum Gasteiger partial charge on any atom is -0.497 e. The summed E-state index contributed by atoms with van der Waals surface area (Å²) in [7, 11) is 3.53. The van der Waals surface area contributed by atoms with Gasteiger partial charge >= 0.3 is 0 Å². The summed E-state index contributed by atoms with van der Waals surface area (Å²) in [4.78, 5) is 34.7. The van der Waals surface area contributed by atoms with E-state index in [1.165, 1.54) is 18.7 Å². The lowest BCUT2D eigenvalue weighted by Gasteiger charge is -2.17. The molecule has 1 heterocycles. The maximum Gasteiger partial charge on any atom is 0.268 e. The number of rotatable bonds is 9. The number of methoxy groups -OCH3 is 1. The van der Waals surface area contributed by atoms with Crippen molar-refractivity contribution in [3.05, 3.63) is 95.0 Å². The summed E-state index contributed by atoms with van der Waals surface area (Å²) >= 11 is 1.32. The Labute approximate surface area is 221 Å². The summed E-state index contributed by atoms with van der Waals surface area (Å²) in [6, 6.07) is 22.9.